The van der Waals surface area contributed by atoms with Crippen LogP contribution in [0.25, 0.3) is 0 Å². The average Bonchev–Trinajstić information content (AvgIpc) is 2.76. The van der Waals surface area contributed by atoms with Gasteiger partial charge in [0.25, 0.3) is 0 Å². The second-order valence-corrected chi connectivity index (χ2v) is 4.02. The first-order valence-electron chi connectivity index (χ1n) is 5.58. The third-order valence-electron chi connectivity index (χ3n) is 2.83. The van der Waals surface area contributed by atoms with Crippen LogP contribution in [-0.4, -0.2) is 53.3 Å². The number of Topliss-reactive ketones (excluding diaryl/α,β-unsaturated/α-hetero) is 1. The fourth-order valence-electron chi connectivity index (χ4n) is 1.90. The number of aromatic nitrogens is 2. The number of carbonyl (C=O) groups excluding carboxylic acids is 1. The minimum Gasteiger partial charge on any atom is -0.367 e. The molecular weight excluding hydrogens is 206 g/mol. The molecule has 1 aliphatic heterocycles. The Balaban J connectivity index is 2.12. The van der Waals surface area contributed by atoms with E-state index in [0.29, 0.717) is 25.4 Å². The molecule has 0 N–H and O–H groups in total. The molecule has 5 nitrogen and oxygen atoms in total. The summed E-state index contributed by atoms with van der Waals surface area (Å²) in [6.07, 6.45) is 1.31. The van der Waals surface area contributed by atoms with Gasteiger partial charge in [0.05, 0.1) is 6.61 Å². The molecule has 2 heterocycles. The van der Waals surface area contributed by atoms with Crippen molar-refractivity contribution < 1.29 is 9.53 Å². The van der Waals surface area contributed by atoms with Crippen molar-refractivity contribution in [3.63, 3.8) is 0 Å². The Morgan fingerprint density at radius 3 is 3.19 bits per heavy atom. The van der Waals surface area contributed by atoms with E-state index in [1.165, 1.54) is 0 Å². The highest BCUT2D eigenvalue weighted by molar-refractivity contribution is 5.98. The lowest BCUT2D eigenvalue weighted by molar-refractivity contribution is -0.00916. The van der Waals surface area contributed by atoms with E-state index in [1.807, 2.05) is 14.0 Å². The lowest BCUT2D eigenvalue weighted by atomic mass is 10.1. The number of nitrogens with zero attached hydrogens (tertiary/aromatic N) is 3. The van der Waals surface area contributed by atoms with E-state index in [4.69, 9.17) is 4.74 Å². The summed E-state index contributed by atoms with van der Waals surface area (Å²) in [5.74, 6) is 0.0332. The summed E-state index contributed by atoms with van der Waals surface area (Å²) in [6.45, 7) is 4.84. The number of hydrogen-bond donors (Lipinski definition) is 0. The van der Waals surface area contributed by atoms with Crippen LogP contribution in [0.5, 0.6) is 0 Å². The predicted molar refractivity (Wildman–Crippen MR) is 59.5 cm³/mol. The molecule has 0 amide bonds. The maximum Gasteiger partial charge on any atom is 0.210 e. The normalized spacial score (nSPS) is 22.2. The van der Waals surface area contributed by atoms with Crippen molar-refractivity contribution in [3.8, 4) is 0 Å². The summed E-state index contributed by atoms with van der Waals surface area (Å²) < 4.78 is 7.21. The number of ketones is 1. The quantitative estimate of drug-likeness (QED) is 0.697. The predicted octanol–water partition coefficient (Wildman–Crippen LogP) is 0.416. The van der Waals surface area contributed by atoms with Crippen LogP contribution in [0.4, 0.5) is 0 Å². The molecule has 1 aliphatic rings. The summed E-state index contributed by atoms with van der Waals surface area (Å²) in [4.78, 5) is 14.3. The summed E-state index contributed by atoms with van der Waals surface area (Å²) in [5, 5.41) is 4.10. The van der Waals surface area contributed by atoms with Gasteiger partial charge in [0.1, 0.15) is 11.8 Å². The smallest absolute Gasteiger partial charge is 0.210 e. The van der Waals surface area contributed by atoms with E-state index in [-0.39, 0.29) is 11.9 Å². The molecule has 0 saturated carbocycles. The largest absolute Gasteiger partial charge is 0.367 e. The Morgan fingerprint density at radius 2 is 2.50 bits per heavy atom. The Labute approximate surface area is 95.0 Å². The van der Waals surface area contributed by atoms with Crippen LogP contribution in [0.2, 0.25) is 0 Å². The molecule has 1 fully saturated rings. The maximum absolute atomic E-state index is 12.2. The SMILES string of the molecule is CCn1nccc1C(=O)C1CN(C)CCO1. The van der Waals surface area contributed by atoms with Crippen molar-refractivity contribution >= 4 is 5.78 Å². The highest BCUT2D eigenvalue weighted by Gasteiger charge is 2.27. The number of likely N-dealkylation sites (N-methyl/N-ethyl adjacent to an activating group) is 1. The standard InChI is InChI=1S/C11H17N3O2/c1-3-14-9(4-5-12-14)11(15)10-8-13(2)6-7-16-10/h4-5,10H,3,6-8H2,1-2H3. The number of ether oxygens (including phenoxy) is 1. The topological polar surface area (TPSA) is 47.4 Å². The number of hydrogen-bond acceptors (Lipinski definition) is 4. The summed E-state index contributed by atoms with van der Waals surface area (Å²) in [7, 11) is 2.00. The molecule has 2 rings (SSSR count). The number of carbonyl (C=O) groups is 1. The van der Waals surface area contributed by atoms with Crippen LogP contribution >= 0.6 is 0 Å². The Bertz CT molecular complexity index is 375. The Hall–Kier alpha value is -1.20. The zero-order chi connectivity index (χ0) is 11.5. The Kier molecular flexibility index (Phi) is 3.36. The molecule has 88 valence electrons. The van der Waals surface area contributed by atoms with Gasteiger partial charge in [-0.1, -0.05) is 0 Å². The minimum absolute atomic E-state index is 0.0332. The molecule has 1 saturated heterocycles. The fraction of sp³-hybridized carbons (Fsp3) is 0.636. The van der Waals surface area contributed by atoms with Crippen molar-refractivity contribution in [2.45, 2.75) is 19.6 Å². The number of morpholine rings is 1. The molecule has 0 bridgehead atoms. The second-order valence-electron chi connectivity index (χ2n) is 4.02. The highest BCUT2D eigenvalue weighted by atomic mass is 16.5. The lowest BCUT2D eigenvalue weighted by Gasteiger charge is -2.29. The second kappa shape index (κ2) is 4.76. The van der Waals surface area contributed by atoms with E-state index in [9.17, 15) is 4.79 Å². The van der Waals surface area contributed by atoms with Crippen molar-refractivity contribution in [1.82, 2.24) is 14.7 Å². The van der Waals surface area contributed by atoms with Crippen LogP contribution in [0.3, 0.4) is 0 Å². The van der Waals surface area contributed by atoms with E-state index in [0.717, 1.165) is 6.54 Å². The minimum atomic E-state index is -0.347. The molecule has 1 aromatic heterocycles. The van der Waals surface area contributed by atoms with E-state index in [2.05, 4.69) is 10.00 Å². The van der Waals surface area contributed by atoms with Gasteiger partial charge < -0.3 is 9.64 Å². The van der Waals surface area contributed by atoms with Crippen LogP contribution < -0.4 is 0 Å². The molecule has 1 aromatic rings. The molecule has 0 aromatic carbocycles. The molecule has 0 spiro atoms. The van der Waals surface area contributed by atoms with E-state index in [1.54, 1.807) is 16.9 Å². The molecule has 1 atom stereocenters. The van der Waals surface area contributed by atoms with Gasteiger partial charge in [-0.2, -0.15) is 5.10 Å². The molecular formula is C11H17N3O2. The monoisotopic (exact) mass is 223 g/mol. The summed E-state index contributed by atoms with van der Waals surface area (Å²) in [6, 6.07) is 1.75. The summed E-state index contributed by atoms with van der Waals surface area (Å²) in [5.41, 5.74) is 0.641. The molecule has 0 radical (unpaired) electrons. The van der Waals surface area contributed by atoms with Gasteiger partial charge in [0, 0.05) is 25.8 Å². The molecule has 1 unspecified atom stereocenters. The van der Waals surface area contributed by atoms with Crippen molar-refractivity contribution in [2.75, 3.05) is 26.7 Å². The van der Waals surface area contributed by atoms with Crippen LogP contribution in [0.15, 0.2) is 12.3 Å². The van der Waals surface area contributed by atoms with E-state index >= 15 is 0 Å². The third kappa shape index (κ3) is 2.15. The lowest BCUT2D eigenvalue weighted by Crippen LogP contribution is -2.44. The van der Waals surface area contributed by atoms with E-state index < -0.39 is 0 Å². The van der Waals surface area contributed by atoms with Crippen molar-refractivity contribution in [2.24, 2.45) is 0 Å². The van der Waals surface area contributed by atoms with Crippen LogP contribution in [0, 0.1) is 0 Å². The summed E-state index contributed by atoms with van der Waals surface area (Å²) >= 11 is 0. The zero-order valence-corrected chi connectivity index (χ0v) is 9.72. The first-order valence-corrected chi connectivity index (χ1v) is 5.58. The van der Waals surface area contributed by atoms with Gasteiger partial charge in [0.2, 0.25) is 5.78 Å². The molecule has 16 heavy (non-hydrogen) atoms. The van der Waals surface area contributed by atoms with Crippen molar-refractivity contribution in [3.05, 3.63) is 18.0 Å². The first kappa shape index (κ1) is 11.3. The van der Waals surface area contributed by atoms with Gasteiger partial charge in [-0.05, 0) is 20.0 Å². The van der Waals surface area contributed by atoms with Crippen LogP contribution in [-0.2, 0) is 11.3 Å². The van der Waals surface area contributed by atoms with Gasteiger partial charge in [-0.15, -0.1) is 0 Å². The Morgan fingerprint density at radius 1 is 1.69 bits per heavy atom. The maximum atomic E-state index is 12.2. The number of aryl methyl sites for hydroxylation is 1. The van der Waals surface area contributed by atoms with Crippen molar-refractivity contribution in [1.29, 1.82) is 0 Å². The highest BCUT2D eigenvalue weighted by Crippen LogP contribution is 2.10. The van der Waals surface area contributed by atoms with Gasteiger partial charge >= 0.3 is 0 Å². The number of rotatable bonds is 3. The fourth-order valence-corrected chi connectivity index (χ4v) is 1.90. The first-order chi connectivity index (χ1) is 7.72. The van der Waals surface area contributed by atoms with Gasteiger partial charge in [0.15, 0.2) is 0 Å². The average molecular weight is 223 g/mol. The van der Waals surface area contributed by atoms with Gasteiger partial charge in [-0.25, -0.2) is 0 Å². The van der Waals surface area contributed by atoms with Crippen LogP contribution in [0.1, 0.15) is 17.4 Å². The molecule has 0 aliphatic carbocycles. The molecule has 5 heteroatoms. The zero-order valence-electron chi connectivity index (χ0n) is 9.72. The third-order valence-corrected chi connectivity index (χ3v) is 2.83. The van der Waals surface area contributed by atoms with Gasteiger partial charge in [-0.3, -0.25) is 9.48 Å².